The Hall–Kier alpha value is -0.820. The molecule has 0 radical (unpaired) electrons. The van der Waals surface area contributed by atoms with Gasteiger partial charge in [0, 0.05) is 6.04 Å². The Morgan fingerprint density at radius 3 is 2.55 bits per heavy atom. The van der Waals surface area contributed by atoms with Crippen LogP contribution in [-0.2, 0) is 12.8 Å². The van der Waals surface area contributed by atoms with Crippen molar-refractivity contribution in [3.8, 4) is 0 Å². The van der Waals surface area contributed by atoms with Gasteiger partial charge in [-0.3, -0.25) is 0 Å². The molecule has 0 heterocycles. The fourth-order valence-electron chi connectivity index (χ4n) is 3.27. The van der Waals surface area contributed by atoms with E-state index in [-0.39, 0.29) is 0 Å². The van der Waals surface area contributed by atoms with E-state index >= 15 is 0 Å². The minimum atomic E-state index is 0.564. The molecule has 2 rings (SSSR count). The van der Waals surface area contributed by atoms with Gasteiger partial charge in [0.15, 0.2) is 0 Å². The van der Waals surface area contributed by atoms with E-state index in [0.717, 1.165) is 6.54 Å². The van der Waals surface area contributed by atoms with Crippen LogP contribution in [0.5, 0.6) is 0 Å². The zero-order valence-electron chi connectivity index (χ0n) is 13.4. The fraction of sp³-hybridized carbons (Fsp3) is 0.684. The molecule has 0 bridgehead atoms. The van der Waals surface area contributed by atoms with Gasteiger partial charge in [0.2, 0.25) is 0 Å². The molecule has 1 nitrogen and oxygen atoms in total. The second kappa shape index (κ2) is 8.46. The molecule has 112 valence electrons. The number of hydrogen-bond donors (Lipinski definition) is 1. The minimum absolute atomic E-state index is 0.564. The molecule has 0 aromatic heterocycles. The third-order valence-corrected chi connectivity index (χ3v) is 4.51. The summed E-state index contributed by atoms with van der Waals surface area (Å²) in [5.41, 5.74) is 4.74. The van der Waals surface area contributed by atoms with Crippen LogP contribution in [0.3, 0.4) is 0 Å². The van der Waals surface area contributed by atoms with Crippen LogP contribution in [0.4, 0.5) is 0 Å². The lowest BCUT2D eigenvalue weighted by molar-refractivity contribution is 0.473. The molecule has 1 aromatic carbocycles. The molecule has 0 amide bonds. The van der Waals surface area contributed by atoms with Crippen molar-refractivity contribution in [3.05, 3.63) is 34.9 Å². The number of benzene rings is 1. The molecular formula is C19H31N. The standard InChI is InChI=1S/C19H31N/c1-3-5-6-11-19(20-14-4-2)18-13-12-16-9-7-8-10-17(16)15-18/h12-13,15,19-20H,3-11,14H2,1-2H3. The lowest BCUT2D eigenvalue weighted by Crippen LogP contribution is -2.22. The van der Waals surface area contributed by atoms with Crippen molar-refractivity contribution >= 4 is 0 Å². The van der Waals surface area contributed by atoms with Crippen molar-refractivity contribution in [1.82, 2.24) is 5.32 Å². The quantitative estimate of drug-likeness (QED) is 0.643. The summed E-state index contributed by atoms with van der Waals surface area (Å²) >= 11 is 0. The van der Waals surface area contributed by atoms with Crippen LogP contribution < -0.4 is 5.32 Å². The highest BCUT2D eigenvalue weighted by atomic mass is 14.9. The number of rotatable bonds is 8. The highest BCUT2D eigenvalue weighted by Gasteiger charge is 2.14. The molecule has 0 aliphatic heterocycles. The van der Waals surface area contributed by atoms with Gasteiger partial charge in [-0.2, -0.15) is 0 Å². The van der Waals surface area contributed by atoms with Crippen molar-refractivity contribution in [2.45, 2.75) is 77.7 Å². The molecule has 1 aliphatic rings. The van der Waals surface area contributed by atoms with Crippen LogP contribution in [0.1, 0.15) is 81.5 Å². The predicted molar refractivity (Wildman–Crippen MR) is 88.3 cm³/mol. The number of aryl methyl sites for hydroxylation is 2. The van der Waals surface area contributed by atoms with Gasteiger partial charge in [-0.15, -0.1) is 0 Å². The molecule has 20 heavy (non-hydrogen) atoms. The maximum Gasteiger partial charge on any atom is 0.0320 e. The number of unbranched alkanes of at least 4 members (excludes halogenated alkanes) is 2. The van der Waals surface area contributed by atoms with E-state index in [1.54, 1.807) is 11.1 Å². The number of fused-ring (bicyclic) bond motifs is 1. The van der Waals surface area contributed by atoms with Gasteiger partial charge >= 0.3 is 0 Å². The molecule has 1 N–H and O–H groups in total. The largest absolute Gasteiger partial charge is 0.310 e. The third kappa shape index (κ3) is 4.34. The average molecular weight is 273 g/mol. The zero-order chi connectivity index (χ0) is 14.2. The summed E-state index contributed by atoms with van der Waals surface area (Å²) < 4.78 is 0. The molecular weight excluding hydrogens is 242 g/mol. The van der Waals surface area contributed by atoms with Gasteiger partial charge in [0.1, 0.15) is 0 Å². The van der Waals surface area contributed by atoms with Gasteiger partial charge in [0.05, 0.1) is 0 Å². The average Bonchev–Trinajstić information content (AvgIpc) is 2.50. The third-order valence-electron chi connectivity index (χ3n) is 4.51. The number of hydrogen-bond acceptors (Lipinski definition) is 1. The molecule has 0 fully saturated rings. The topological polar surface area (TPSA) is 12.0 Å². The Balaban J connectivity index is 2.06. The first-order valence-corrected chi connectivity index (χ1v) is 8.70. The first kappa shape index (κ1) is 15.6. The van der Waals surface area contributed by atoms with Gasteiger partial charge < -0.3 is 5.32 Å². The second-order valence-corrected chi connectivity index (χ2v) is 6.24. The molecule has 0 spiro atoms. The summed E-state index contributed by atoms with van der Waals surface area (Å²) in [5, 5.41) is 3.75. The SMILES string of the molecule is CCCCCC(NCCC)c1ccc2c(c1)CCCC2. The monoisotopic (exact) mass is 273 g/mol. The van der Waals surface area contributed by atoms with E-state index < -0.39 is 0 Å². The number of nitrogens with one attached hydrogen (secondary N) is 1. The van der Waals surface area contributed by atoms with Crippen LogP contribution in [0, 0.1) is 0 Å². The smallest absolute Gasteiger partial charge is 0.0320 e. The van der Waals surface area contributed by atoms with Crippen LogP contribution in [0.25, 0.3) is 0 Å². The first-order chi connectivity index (χ1) is 9.85. The summed E-state index contributed by atoms with van der Waals surface area (Å²) in [7, 11) is 0. The van der Waals surface area contributed by atoms with E-state index in [9.17, 15) is 0 Å². The highest BCUT2D eigenvalue weighted by Crippen LogP contribution is 2.27. The normalized spacial score (nSPS) is 15.9. The van der Waals surface area contributed by atoms with Crippen molar-refractivity contribution in [2.75, 3.05) is 6.54 Å². The molecule has 1 atom stereocenters. The molecule has 1 aromatic rings. The molecule has 1 unspecified atom stereocenters. The van der Waals surface area contributed by atoms with E-state index in [1.165, 1.54) is 63.4 Å². The van der Waals surface area contributed by atoms with Crippen LogP contribution >= 0.6 is 0 Å². The van der Waals surface area contributed by atoms with Crippen LogP contribution in [-0.4, -0.2) is 6.54 Å². The zero-order valence-corrected chi connectivity index (χ0v) is 13.4. The molecule has 1 aliphatic carbocycles. The Bertz CT molecular complexity index is 397. The Kier molecular flexibility index (Phi) is 6.59. The van der Waals surface area contributed by atoms with E-state index in [1.807, 2.05) is 0 Å². The van der Waals surface area contributed by atoms with Gasteiger partial charge in [-0.05, 0) is 61.8 Å². The van der Waals surface area contributed by atoms with Crippen molar-refractivity contribution in [3.63, 3.8) is 0 Å². The van der Waals surface area contributed by atoms with Gasteiger partial charge in [0.25, 0.3) is 0 Å². The Morgan fingerprint density at radius 2 is 1.80 bits per heavy atom. The van der Waals surface area contributed by atoms with Crippen molar-refractivity contribution < 1.29 is 0 Å². The van der Waals surface area contributed by atoms with Crippen molar-refractivity contribution in [1.29, 1.82) is 0 Å². The summed E-state index contributed by atoms with van der Waals surface area (Å²) in [5.74, 6) is 0. The van der Waals surface area contributed by atoms with Crippen molar-refractivity contribution in [2.24, 2.45) is 0 Å². The molecule has 0 saturated carbocycles. The second-order valence-electron chi connectivity index (χ2n) is 6.24. The summed E-state index contributed by atoms with van der Waals surface area (Å²) in [6.45, 7) is 5.67. The maximum absolute atomic E-state index is 3.75. The molecule has 0 saturated heterocycles. The van der Waals surface area contributed by atoms with Gasteiger partial charge in [-0.1, -0.05) is 51.3 Å². The highest BCUT2D eigenvalue weighted by molar-refractivity contribution is 5.35. The fourth-order valence-corrected chi connectivity index (χ4v) is 3.27. The Morgan fingerprint density at radius 1 is 1.00 bits per heavy atom. The van der Waals surface area contributed by atoms with Crippen LogP contribution in [0.2, 0.25) is 0 Å². The van der Waals surface area contributed by atoms with E-state index in [2.05, 4.69) is 37.4 Å². The predicted octanol–water partition coefficient (Wildman–Crippen LogP) is 5.19. The van der Waals surface area contributed by atoms with E-state index in [4.69, 9.17) is 0 Å². The minimum Gasteiger partial charge on any atom is -0.310 e. The Labute approximate surface area is 125 Å². The van der Waals surface area contributed by atoms with Gasteiger partial charge in [-0.25, -0.2) is 0 Å². The maximum atomic E-state index is 3.75. The molecule has 1 heteroatoms. The summed E-state index contributed by atoms with van der Waals surface area (Å²) in [6.07, 6.45) is 11.8. The lowest BCUT2D eigenvalue weighted by atomic mass is 9.88. The van der Waals surface area contributed by atoms with E-state index in [0.29, 0.717) is 6.04 Å². The first-order valence-electron chi connectivity index (χ1n) is 8.70. The van der Waals surface area contributed by atoms with Crippen LogP contribution in [0.15, 0.2) is 18.2 Å². The lowest BCUT2D eigenvalue weighted by Gasteiger charge is -2.22. The summed E-state index contributed by atoms with van der Waals surface area (Å²) in [4.78, 5) is 0. The summed E-state index contributed by atoms with van der Waals surface area (Å²) in [6, 6.07) is 7.83.